The van der Waals surface area contributed by atoms with E-state index in [0.29, 0.717) is 6.42 Å². The molecule has 0 unspecified atom stereocenters. The van der Waals surface area contributed by atoms with Gasteiger partial charge in [-0.25, -0.2) is 4.39 Å². The minimum atomic E-state index is -0.411. The Bertz CT molecular complexity index is 704. The topological polar surface area (TPSA) is 38.3 Å². The Balaban J connectivity index is 1.57. The zero-order valence-corrected chi connectivity index (χ0v) is 13.4. The number of para-hydroxylation sites is 1. The van der Waals surface area contributed by atoms with Crippen molar-refractivity contribution in [2.45, 2.75) is 19.3 Å². The van der Waals surface area contributed by atoms with Crippen molar-refractivity contribution >= 4 is 5.91 Å². The van der Waals surface area contributed by atoms with E-state index in [2.05, 4.69) is 29.3 Å². The summed E-state index contributed by atoms with van der Waals surface area (Å²) in [5, 5.41) is 2.74. The zero-order chi connectivity index (χ0) is 17.0. The van der Waals surface area contributed by atoms with E-state index in [1.165, 1.54) is 11.6 Å². The predicted octanol–water partition coefficient (Wildman–Crippen LogP) is 3.35. The largest absolute Gasteiger partial charge is 0.478 e. The molecule has 0 radical (unpaired) electrons. The second-order valence-corrected chi connectivity index (χ2v) is 5.19. The molecule has 2 aromatic rings. The fraction of sp³-hybridized carbons (Fsp3) is 0.250. The molecule has 0 saturated carbocycles. The normalized spacial score (nSPS) is 9.71. The maximum absolute atomic E-state index is 13.3. The van der Waals surface area contributed by atoms with E-state index in [1.807, 2.05) is 18.2 Å². The molecule has 4 heteroatoms. The molecule has 24 heavy (non-hydrogen) atoms. The van der Waals surface area contributed by atoms with Gasteiger partial charge < -0.3 is 10.1 Å². The standard InChI is InChI=1S/C20H20FNO2/c21-18-12-4-5-13-19(18)24-16-7-6-15-22-20(23)14-8-11-17-9-2-1-3-10-17/h1-5,9-10,12-13H,8,11,14-16H2,(H,22,23). The minimum absolute atomic E-state index is 0.0183. The Hall–Kier alpha value is -2.80. The van der Waals surface area contributed by atoms with Gasteiger partial charge in [0, 0.05) is 6.42 Å². The van der Waals surface area contributed by atoms with Gasteiger partial charge in [0.2, 0.25) is 5.91 Å². The maximum Gasteiger partial charge on any atom is 0.220 e. The van der Waals surface area contributed by atoms with Crippen LogP contribution in [0.3, 0.4) is 0 Å². The molecule has 2 rings (SSSR count). The summed E-state index contributed by atoms with van der Waals surface area (Å²) in [7, 11) is 0. The number of carbonyl (C=O) groups is 1. The number of hydrogen-bond donors (Lipinski definition) is 1. The summed E-state index contributed by atoms with van der Waals surface area (Å²) in [6.07, 6.45) is 2.17. The van der Waals surface area contributed by atoms with Crippen molar-refractivity contribution in [3.8, 4) is 17.6 Å². The molecule has 0 saturated heterocycles. The van der Waals surface area contributed by atoms with Crippen molar-refractivity contribution in [2.24, 2.45) is 0 Å². The first-order valence-corrected chi connectivity index (χ1v) is 7.89. The number of benzene rings is 2. The van der Waals surface area contributed by atoms with Crippen molar-refractivity contribution in [3.63, 3.8) is 0 Å². The molecule has 0 aliphatic carbocycles. The van der Waals surface area contributed by atoms with E-state index >= 15 is 0 Å². The Kier molecular flexibility index (Phi) is 7.36. The molecular formula is C20H20FNO2. The van der Waals surface area contributed by atoms with Gasteiger partial charge >= 0.3 is 0 Å². The smallest absolute Gasteiger partial charge is 0.220 e. The highest BCUT2D eigenvalue weighted by Gasteiger charge is 2.00. The van der Waals surface area contributed by atoms with Crippen LogP contribution < -0.4 is 10.1 Å². The predicted molar refractivity (Wildman–Crippen MR) is 92.1 cm³/mol. The molecule has 0 aromatic heterocycles. The van der Waals surface area contributed by atoms with Gasteiger partial charge in [-0.05, 0) is 30.5 Å². The molecule has 0 aliphatic rings. The van der Waals surface area contributed by atoms with Crippen molar-refractivity contribution in [1.82, 2.24) is 5.32 Å². The monoisotopic (exact) mass is 325 g/mol. The molecule has 124 valence electrons. The highest BCUT2D eigenvalue weighted by atomic mass is 19.1. The average molecular weight is 325 g/mol. The Labute approximate surface area is 141 Å². The SMILES string of the molecule is O=C(CCCc1ccccc1)NCC#CCOc1ccccc1F. The van der Waals surface area contributed by atoms with Gasteiger partial charge in [0.1, 0.15) is 6.61 Å². The van der Waals surface area contributed by atoms with Gasteiger partial charge in [-0.3, -0.25) is 4.79 Å². The average Bonchev–Trinajstić information content (AvgIpc) is 2.60. The summed E-state index contributed by atoms with van der Waals surface area (Å²) in [5.74, 6) is 5.28. The van der Waals surface area contributed by atoms with Crippen LogP contribution in [0, 0.1) is 17.7 Å². The van der Waals surface area contributed by atoms with Crippen molar-refractivity contribution in [3.05, 3.63) is 66.0 Å². The Morgan fingerprint density at radius 2 is 1.79 bits per heavy atom. The molecule has 0 fully saturated rings. The highest BCUT2D eigenvalue weighted by molar-refractivity contribution is 5.76. The first kappa shape index (κ1) is 17.6. The van der Waals surface area contributed by atoms with Crippen molar-refractivity contribution in [2.75, 3.05) is 13.2 Å². The molecule has 0 heterocycles. The van der Waals surface area contributed by atoms with Gasteiger partial charge in [0.05, 0.1) is 6.54 Å². The van der Waals surface area contributed by atoms with E-state index in [9.17, 15) is 9.18 Å². The van der Waals surface area contributed by atoms with Crippen LogP contribution in [0.25, 0.3) is 0 Å². The number of nitrogens with one attached hydrogen (secondary N) is 1. The first-order valence-electron chi connectivity index (χ1n) is 7.89. The second-order valence-electron chi connectivity index (χ2n) is 5.19. The van der Waals surface area contributed by atoms with Crippen LogP contribution in [0.5, 0.6) is 5.75 Å². The van der Waals surface area contributed by atoms with Crippen molar-refractivity contribution < 1.29 is 13.9 Å². The van der Waals surface area contributed by atoms with Crippen molar-refractivity contribution in [1.29, 1.82) is 0 Å². The number of aryl methyl sites for hydroxylation is 1. The number of hydrogen-bond acceptors (Lipinski definition) is 2. The number of rotatable bonds is 7. The number of halogens is 1. The van der Waals surface area contributed by atoms with Crippen LogP contribution in [0.15, 0.2) is 54.6 Å². The van der Waals surface area contributed by atoms with E-state index in [-0.39, 0.29) is 24.8 Å². The zero-order valence-electron chi connectivity index (χ0n) is 13.4. The summed E-state index contributed by atoms with van der Waals surface area (Å²) in [6.45, 7) is 0.357. The lowest BCUT2D eigenvalue weighted by Gasteiger charge is -2.03. The molecule has 1 N–H and O–H groups in total. The van der Waals surface area contributed by atoms with Crippen LogP contribution in [-0.4, -0.2) is 19.1 Å². The molecule has 0 bridgehead atoms. The second kappa shape index (κ2) is 10.1. The quantitative estimate of drug-likeness (QED) is 0.793. The summed E-state index contributed by atoms with van der Waals surface area (Å²) in [5.41, 5.74) is 1.23. The van der Waals surface area contributed by atoms with Crippen LogP contribution in [0.2, 0.25) is 0 Å². The molecule has 3 nitrogen and oxygen atoms in total. The van der Waals surface area contributed by atoms with Crippen LogP contribution in [0.1, 0.15) is 18.4 Å². The van der Waals surface area contributed by atoms with Gasteiger partial charge in [0.25, 0.3) is 0 Å². The molecular weight excluding hydrogens is 305 g/mol. The van der Waals surface area contributed by atoms with Gasteiger partial charge in [0.15, 0.2) is 11.6 Å². The lowest BCUT2D eigenvalue weighted by Crippen LogP contribution is -2.23. The number of ether oxygens (including phenoxy) is 1. The minimum Gasteiger partial charge on any atom is -0.478 e. The molecule has 0 spiro atoms. The van der Waals surface area contributed by atoms with Gasteiger partial charge in [-0.15, -0.1) is 0 Å². The van der Waals surface area contributed by atoms with Crippen LogP contribution in [-0.2, 0) is 11.2 Å². The number of amides is 1. The van der Waals surface area contributed by atoms with Gasteiger partial charge in [-0.1, -0.05) is 54.3 Å². The third kappa shape index (κ3) is 6.53. The molecule has 2 aromatic carbocycles. The first-order chi connectivity index (χ1) is 11.8. The third-order valence-corrected chi connectivity index (χ3v) is 3.35. The van der Waals surface area contributed by atoms with E-state index in [1.54, 1.807) is 18.2 Å². The lowest BCUT2D eigenvalue weighted by molar-refractivity contribution is -0.120. The van der Waals surface area contributed by atoms with E-state index < -0.39 is 5.82 Å². The maximum atomic E-state index is 13.3. The molecule has 1 amide bonds. The van der Waals surface area contributed by atoms with E-state index in [4.69, 9.17) is 4.74 Å². The number of carbonyl (C=O) groups excluding carboxylic acids is 1. The summed E-state index contributed by atoms with van der Waals surface area (Å²) < 4.78 is 18.5. The fourth-order valence-corrected chi connectivity index (χ4v) is 2.12. The van der Waals surface area contributed by atoms with E-state index in [0.717, 1.165) is 12.8 Å². The summed E-state index contributed by atoms with van der Waals surface area (Å²) >= 11 is 0. The third-order valence-electron chi connectivity index (χ3n) is 3.35. The Morgan fingerprint density at radius 3 is 2.58 bits per heavy atom. The highest BCUT2D eigenvalue weighted by Crippen LogP contribution is 2.14. The Morgan fingerprint density at radius 1 is 1.04 bits per heavy atom. The van der Waals surface area contributed by atoms with Gasteiger partial charge in [-0.2, -0.15) is 0 Å². The fourth-order valence-electron chi connectivity index (χ4n) is 2.12. The van der Waals surface area contributed by atoms with Crippen LogP contribution >= 0.6 is 0 Å². The summed E-state index contributed by atoms with van der Waals surface area (Å²) in [6, 6.07) is 16.2. The van der Waals surface area contributed by atoms with Crippen LogP contribution in [0.4, 0.5) is 4.39 Å². The summed E-state index contributed by atoms with van der Waals surface area (Å²) in [4.78, 5) is 11.7. The lowest BCUT2D eigenvalue weighted by atomic mass is 10.1. The molecule has 0 aliphatic heterocycles. The molecule has 0 atom stereocenters.